The van der Waals surface area contributed by atoms with Crippen LogP contribution in [0, 0.1) is 13.8 Å². The molecular formula is C18H14ClNS. The minimum absolute atomic E-state index is 0.768. The number of aromatic nitrogens is 1. The highest BCUT2D eigenvalue weighted by atomic mass is 35.5. The third kappa shape index (κ3) is 1.98. The van der Waals surface area contributed by atoms with Crippen LogP contribution >= 0.6 is 22.9 Å². The molecule has 0 fully saturated rings. The summed E-state index contributed by atoms with van der Waals surface area (Å²) in [5.41, 5.74) is 3.65. The molecule has 4 rings (SSSR count). The zero-order valence-corrected chi connectivity index (χ0v) is 13.4. The zero-order valence-electron chi connectivity index (χ0n) is 11.9. The van der Waals surface area contributed by atoms with Crippen LogP contribution in [0.25, 0.3) is 26.7 Å². The standard InChI is InChI=1S/C18H14ClNS/c1-11-9-16-17(8-3-13-10-12(2)21-18(13)16)20(11)15-6-4-14(19)5-7-15/h3-10H,1-2H3. The van der Waals surface area contributed by atoms with Gasteiger partial charge in [-0.2, -0.15) is 0 Å². The minimum Gasteiger partial charge on any atom is -0.314 e. The molecule has 0 N–H and O–H groups in total. The van der Waals surface area contributed by atoms with Crippen molar-refractivity contribution < 1.29 is 0 Å². The molecule has 2 heterocycles. The maximum absolute atomic E-state index is 6.00. The summed E-state index contributed by atoms with van der Waals surface area (Å²) in [6.45, 7) is 4.32. The second-order valence-electron chi connectivity index (χ2n) is 5.37. The van der Waals surface area contributed by atoms with E-state index in [9.17, 15) is 0 Å². The lowest BCUT2D eigenvalue weighted by molar-refractivity contribution is 1.05. The van der Waals surface area contributed by atoms with Crippen molar-refractivity contribution in [2.24, 2.45) is 0 Å². The van der Waals surface area contributed by atoms with Crippen LogP contribution in [0.3, 0.4) is 0 Å². The highest BCUT2D eigenvalue weighted by Crippen LogP contribution is 2.35. The zero-order chi connectivity index (χ0) is 14.6. The molecule has 2 aromatic carbocycles. The van der Waals surface area contributed by atoms with E-state index in [0.29, 0.717) is 0 Å². The third-order valence-corrected chi connectivity index (χ3v) is 5.21. The van der Waals surface area contributed by atoms with E-state index in [1.165, 1.54) is 31.6 Å². The van der Waals surface area contributed by atoms with Crippen LogP contribution < -0.4 is 0 Å². The summed E-state index contributed by atoms with van der Waals surface area (Å²) in [5.74, 6) is 0. The summed E-state index contributed by atoms with van der Waals surface area (Å²) in [6, 6.07) is 17.0. The summed E-state index contributed by atoms with van der Waals surface area (Å²) in [5, 5.41) is 3.43. The SMILES string of the molecule is Cc1cc2ccc3c(cc(C)n3-c3ccc(Cl)cc3)c2s1. The van der Waals surface area contributed by atoms with Gasteiger partial charge in [0.2, 0.25) is 0 Å². The first-order chi connectivity index (χ1) is 10.1. The fourth-order valence-corrected chi connectivity index (χ4v) is 4.13. The van der Waals surface area contributed by atoms with Gasteiger partial charge in [0.1, 0.15) is 0 Å². The van der Waals surface area contributed by atoms with Gasteiger partial charge in [-0.05, 0) is 61.7 Å². The Hall–Kier alpha value is -1.77. The number of fused-ring (bicyclic) bond motifs is 3. The number of rotatable bonds is 1. The van der Waals surface area contributed by atoms with Gasteiger partial charge < -0.3 is 4.57 Å². The van der Waals surface area contributed by atoms with Gasteiger partial charge in [0.05, 0.1) is 5.52 Å². The van der Waals surface area contributed by atoms with Crippen molar-refractivity contribution in [2.45, 2.75) is 13.8 Å². The van der Waals surface area contributed by atoms with E-state index in [4.69, 9.17) is 11.6 Å². The Kier molecular flexibility index (Phi) is 2.84. The van der Waals surface area contributed by atoms with Gasteiger partial charge in [-0.3, -0.25) is 0 Å². The highest BCUT2D eigenvalue weighted by molar-refractivity contribution is 7.20. The smallest absolute Gasteiger partial charge is 0.0545 e. The lowest BCUT2D eigenvalue weighted by atomic mass is 10.2. The van der Waals surface area contributed by atoms with Gasteiger partial charge >= 0.3 is 0 Å². The predicted octanol–water partition coefficient (Wildman–Crippen LogP) is 6.12. The van der Waals surface area contributed by atoms with Gasteiger partial charge in [-0.1, -0.05) is 17.7 Å². The molecule has 21 heavy (non-hydrogen) atoms. The van der Waals surface area contributed by atoms with Crippen LogP contribution in [0.5, 0.6) is 0 Å². The number of aryl methyl sites for hydroxylation is 2. The van der Waals surface area contributed by atoms with Gasteiger partial charge in [-0.15, -0.1) is 11.3 Å². The molecule has 0 amide bonds. The Morgan fingerprint density at radius 3 is 2.48 bits per heavy atom. The average Bonchev–Trinajstić information content (AvgIpc) is 2.98. The van der Waals surface area contributed by atoms with Crippen LogP contribution in [0.1, 0.15) is 10.6 Å². The molecule has 0 radical (unpaired) electrons. The summed E-state index contributed by atoms with van der Waals surface area (Å²) in [6.07, 6.45) is 0. The van der Waals surface area contributed by atoms with E-state index in [1.54, 1.807) is 0 Å². The number of thiophene rings is 1. The van der Waals surface area contributed by atoms with Crippen LogP contribution in [0.15, 0.2) is 48.5 Å². The minimum atomic E-state index is 0.768. The molecule has 0 atom stereocenters. The molecule has 0 aliphatic rings. The van der Waals surface area contributed by atoms with E-state index >= 15 is 0 Å². The molecule has 0 spiro atoms. The maximum Gasteiger partial charge on any atom is 0.0545 e. The second kappa shape index (κ2) is 4.62. The molecule has 0 saturated heterocycles. The second-order valence-corrected chi connectivity index (χ2v) is 7.06. The number of nitrogens with zero attached hydrogens (tertiary/aromatic N) is 1. The normalized spacial score (nSPS) is 11.6. The van der Waals surface area contributed by atoms with Crippen LogP contribution in [0.4, 0.5) is 0 Å². The van der Waals surface area contributed by atoms with Gasteiger partial charge in [-0.25, -0.2) is 0 Å². The monoisotopic (exact) mass is 311 g/mol. The van der Waals surface area contributed by atoms with Gasteiger partial charge in [0.15, 0.2) is 0 Å². The molecule has 0 aliphatic heterocycles. The quantitative estimate of drug-likeness (QED) is 0.399. The Bertz CT molecular complexity index is 960. The summed E-state index contributed by atoms with van der Waals surface area (Å²) in [4.78, 5) is 1.36. The fourth-order valence-electron chi connectivity index (χ4n) is 2.97. The van der Waals surface area contributed by atoms with Crippen molar-refractivity contribution in [3.05, 3.63) is 64.1 Å². The fraction of sp³-hybridized carbons (Fsp3) is 0.111. The van der Waals surface area contributed by atoms with E-state index in [1.807, 2.05) is 23.5 Å². The molecule has 0 saturated carbocycles. The lowest BCUT2D eigenvalue weighted by Crippen LogP contribution is -1.95. The molecule has 0 aliphatic carbocycles. The van der Waals surface area contributed by atoms with Crippen molar-refractivity contribution >= 4 is 43.9 Å². The Balaban J connectivity index is 2.07. The first-order valence-electron chi connectivity index (χ1n) is 6.90. The molecule has 0 bridgehead atoms. The topological polar surface area (TPSA) is 4.93 Å². The molecule has 1 nitrogen and oxygen atoms in total. The Labute approximate surface area is 132 Å². The molecular weight excluding hydrogens is 298 g/mol. The van der Waals surface area contributed by atoms with Crippen molar-refractivity contribution in [1.82, 2.24) is 4.57 Å². The van der Waals surface area contributed by atoms with E-state index < -0.39 is 0 Å². The molecule has 4 aromatic rings. The summed E-state index contributed by atoms with van der Waals surface area (Å²) in [7, 11) is 0. The van der Waals surface area contributed by atoms with E-state index in [-0.39, 0.29) is 0 Å². The van der Waals surface area contributed by atoms with E-state index in [2.05, 4.69) is 54.8 Å². The van der Waals surface area contributed by atoms with Crippen molar-refractivity contribution in [1.29, 1.82) is 0 Å². The molecule has 2 aromatic heterocycles. The highest BCUT2D eigenvalue weighted by Gasteiger charge is 2.11. The maximum atomic E-state index is 6.00. The Morgan fingerprint density at radius 2 is 1.71 bits per heavy atom. The van der Waals surface area contributed by atoms with Crippen LogP contribution in [-0.2, 0) is 0 Å². The molecule has 104 valence electrons. The number of benzene rings is 2. The average molecular weight is 312 g/mol. The molecule has 3 heteroatoms. The summed E-state index contributed by atoms with van der Waals surface area (Å²) >= 11 is 7.87. The largest absolute Gasteiger partial charge is 0.314 e. The first-order valence-corrected chi connectivity index (χ1v) is 8.10. The lowest BCUT2D eigenvalue weighted by Gasteiger charge is -2.08. The van der Waals surface area contributed by atoms with E-state index in [0.717, 1.165) is 10.7 Å². The van der Waals surface area contributed by atoms with Gasteiger partial charge in [0.25, 0.3) is 0 Å². The first kappa shape index (κ1) is 12.9. The van der Waals surface area contributed by atoms with Crippen LogP contribution in [-0.4, -0.2) is 4.57 Å². The Morgan fingerprint density at radius 1 is 0.952 bits per heavy atom. The number of hydrogen-bond acceptors (Lipinski definition) is 1. The third-order valence-electron chi connectivity index (χ3n) is 3.86. The molecule has 0 unspecified atom stereocenters. The van der Waals surface area contributed by atoms with Crippen LogP contribution in [0.2, 0.25) is 5.02 Å². The van der Waals surface area contributed by atoms with Crippen molar-refractivity contribution in [3.8, 4) is 5.69 Å². The predicted molar refractivity (Wildman–Crippen MR) is 93.1 cm³/mol. The summed E-state index contributed by atoms with van der Waals surface area (Å²) < 4.78 is 3.67. The number of hydrogen-bond donors (Lipinski definition) is 0. The van der Waals surface area contributed by atoms with Crippen molar-refractivity contribution in [3.63, 3.8) is 0 Å². The number of halogens is 1. The van der Waals surface area contributed by atoms with Gasteiger partial charge in [0, 0.05) is 31.4 Å². The van der Waals surface area contributed by atoms with Crippen molar-refractivity contribution in [2.75, 3.05) is 0 Å².